The highest BCUT2D eigenvalue weighted by molar-refractivity contribution is 5.97. The smallest absolute Gasteiger partial charge is 0.387 e. The van der Waals surface area contributed by atoms with E-state index in [0.717, 1.165) is 18.9 Å². The van der Waals surface area contributed by atoms with Gasteiger partial charge in [-0.15, -0.1) is 0 Å². The minimum absolute atomic E-state index is 0.0817. The number of halogens is 2. The van der Waals surface area contributed by atoms with Crippen LogP contribution in [0.4, 0.5) is 8.78 Å². The van der Waals surface area contributed by atoms with Crippen molar-refractivity contribution in [3.05, 3.63) is 29.8 Å². The van der Waals surface area contributed by atoms with Gasteiger partial charge in [0.15, 0.2) is 0 Å². The minimum atomic E-state index is -3.00. The standard InChI is InChI=1S/C21H28F2N2O4/c22-21(23)29-18-7-2-1-6-17(18)20(27)25-11-3-5-16(13-25)19(26)24-10-4-12-28-14-15-8-9-15/h1-2,6-7,15-16,21H,3-5,8-14H2,(H,24,26). The van der Waals surface area contributed by atoms with Crippen LogP contribution in [-0.4, -0.2) is 56.2 Å². The Labute approximate surface area is 169 Å². The predicted octanol–water partition coefficient (Wildman–Crippen LogP) is 3.07. The number of likely N-dealkylation sites (tertiary alicyclic amines) is 1. The molecule has 2 aliphatic rings. The number of amides is 2. The van der Waals surface area contributed by atoms with E-state index in [4.69, 9.17) is 4.74 Å². The third-order valence-electron chi connectivity index (χ3n) is 5.23. The number of nitrogens with zero attached hydrogens (tertiary/aromatic N) is 1. The fourth-order valence-electron chi connectivity index (χ4n) is 3.45. The van der Waals surface area contributed by atoms with E-state index in [1.54, 1.807) is 11.0 Å². The molecular formula is C21H28F2N2O4. The SMILES string of the molecule is O=C(NCCCOCC1CC1)C1CCCN(C(=O)c2ccccc2OC(F)F)C1. The van der Waals surface area contributed by atoms with E-state index in [1.807, 2.05) is 0 Å². The maximum atomic E-state index is 12.8. The zero-order valence-corrected chi connectivity index (χ0v) is 16.4. The van der Waals surface area contributed by atoms with Crippen LogP contribution >= 0.6 is 0 Å². The minimum Gasteiger partial charge on any atom is -0.434 e. The summed E-state index contributed by atoms with van der Waals surface area (Å²) in [6.45, 7) is -0.264. The molecule has 1 aromatic rings. The van der Waals surface area contributed by atoms with Gasteiger partial charge in [-0.05, 0) is 50.2 Å². The van der Waals surface area contributed by atoms with E-state index in [0.29, 0.717) is 32.5 Å². The molecule has 1 N–H and O–H groups in total. The van der Waals surface area contributed by atoms with Crippen LogP contribution in [0, 0.1) is 11.8 Å². The lowest BCUT2D eigenvalue weighted by Gasteiger charge is -2.32. The normalized spacial score (nSPS) is 19.3. The topological polar surface area (TPSA) is 67.9 Å². The number of nitrogens with one attached hydrogen (secondary N) is 1. The maximum Gasteiger partial charge on any atom is 0.387 e. The fraction of sp³-hybridized carbons (Fsp3) is 0.619. The van der Waals surface area contributed by atoms with Crippen LogP contribution in [0.5, 0.6) is 5.75 Å². The van der Waals surface area contributed by atoms with Crippen molar-refractivity contribution in [1.29, 1.82) is 0 Å². The summed E-state index contributed by atoms with van der Waals surface area (Å²) < 4.78 is 35.2. The fourth-order valence-corrected chi connectivity index (χ4v) is 3.45. The number of piperidine rings is 1. The van der Waals surface area contributed by atoms with E-state index in [2.05, 4.69) is 10.1 Å². The monoisotopic (exact) mass is 410 g/mol. The molecule has 1 heterocycles. The average Bonchev–Trinajstić information content (AvgIpc) is 3.54. The Bertz CT molecular complexity index is 697. The number of carbonyl (C=O) groups excluding carboxylic acids is 2. The summed E-state index contributed by atoms with van der Waals surface area (Å²) in [5.74, 6) is -0.200. The Hall–Kier alpha value is -2.22. The summed E-state index contributed by atoms with van der Waals surface area (Å²) in [6, 6.07) is 5.95. The van der Waals surface area contributed by atoms with Crippen LogP contribution in [-0.2, 0) is 9.53 Å². The second-order valence-electron chi connectivity index (χ2n) is 7.63. The van der Waals surface area contributed by atoms with Crippen molar-refractivity contribution >= 4 is 11.8 Å². The highest BCUT2D eigenvalue weighted by Gasteiger charge is 2.30. The van der Waals surface area contributed by atoms with Crippen molar-refractivity contribution in [3.8, 4) is 5.75 Å². The molecular weight excluding hydrogens is 382 g/mol. The van der Waals surface area contributed by atoms with Crippen molar-refractivity contribution in [2.75, 3.05) is 32.8 Å². The van der Waals surface area contributed by atoms with Crippen molar-refractivity contribution in [2.45, 2.75) is 38.7 Å². The molecule has 29 heavy (non-hydrogen) atoms. The zero-order chi connectivity index (χ0) is 20.6. The second-order valence-corrected chi connectivity index (χ2v) is 7.63. The van der Waals surface area contributed by atoms with Gasteiger partial charge in [-0.2, -0.15) is 8.78 Å². The summed E-state index contributed by atoms with van der Waals surface area (Å²) in [6.07, 6.45) is 4.65. The predicted molar refractivity (Wildman–Crippen MR) is 103 cm³/mol. The largest absolute Gasteiger partial charge is 0.434 e. The van der Waals surface area contributed by atoms with Gasteiger partial charge in [0.2, 0.25) is 5.91 Å². The maximum absolute atomic E-state index is 12.8. The first-order valence-electron chi connectivity index (χ1n) is 10.2. The van der Waals surface area contributed by atoms with E-state index in [-0.39, 0.29) is 29.7 Å². The van der Waals surface area contributed by atoms with E-state index >= 15 is 0 Å². The molecule has 3 rings (SSSR count). The summed E-state index contributed by atoms with van der Waals surface area (Å²) in [4.78, 5) is 26.8. The molecule has 1 saturated heterocycles. The van der Waals surface area contributed by atoms with Gasteiger partial charge in [0.25, 0.3) is 5.91 Å². The highest BCUT2D eigenvalue weighted by atomic mass is 19.3. The Morgan fingerprint density at radius 1 is 1.21 bits per heavy atom. The number of carbonyl (C=O) groups is 2. The molecule has 1 aliphatic heterocycles. The Kier molecular flexibility index (Phi) is 7.80. The van der Waals surface area contributed by atoms with Crippen LogP contribution in [0.25, 0.3) is 0 Å². The molecule has 0 spiro atoms. The molecule has 1 saturated carbocycles. The molecule has 1 aliphatic carbocycles. The van der Waals surface area contributed by atoms with Crippen molar-refractivity contribution in [3.63, 3.8) is 0 Å². The lowest BCUT2D eigenvalue weighted by Crippen LogP contribution is -2.45. The molecule has 2 fully saturated rings. The van der Waals surface area contributed by atoms with Gasteiger partial charge in [-0.25, -0.2) is 0 Å². The second kappa shape index (κ2) is 10.5. The van der Waals surface area contributed by atoms with Crippen LogP contribution in [0.15, 0.2) is 24.3 Å². The van der Waals surface area contributed by atoms with Gasteiger partial charge in [0, 0.05) is 32.8 Å². The van der Waals surface area contributed by atoms with Crippen LogP contribution in [0.3, 0.4) is 0 Å². The molecule has 1 aromatic carbocycles. The number of para-hydroxylation sites is 1. The summed E-state index contributed by atoms with van der Waals surface area (Å²) in [5, 5.41) is 2.91. The third kappa shape index (κ3) is 6.66. The lowest BCUT2D eigenvalue weighted by atomic mass is 9.96. The Balaban J connectivity index is 1.46. The van der Waals surface area contributed by atoms with Crippen molar-refractivity contribution in [2.24, 2.45) is 11.8 Å². The quantitative estimate of drug-likeness (QED) is 0.602. The molecule has 1 atom stereocenters. The van der Waals surface area contributed by atoms with Gasteiger partial charge in [-0.3, -0.25) is 9.59 Å². The van der Waals surface area contributed by atoms with Crippen molar-refractivity contribution < 1.29 is 27.8 Å². The lowest BCUT2D eigenvalue weighted by molar-refractivity contribution is -0.126. The number of alkyl halides is 2. The Morgan fingerprint density at radius 3 is 2.76 bits per heavy atom. The molecule has 160 valence electrons. The number of hydrogen-bond acceptors (Lipinski definition) is 4. The van der Waals surface area contributed by atoms with E-state index < -0.39 is 12.5 Å². The first-order chi connectivity index (χ1) is 14.0. The number of benzene rings is 1. The van der Waals surface area contributed by atoms with Gasteiger partial charge in [-0.1, -0.05) is 12.1 Å². The van der Waals surface area contributed by atoms with E-state index in [1.165, 1.54) is 31.0 Å². The number of rotatable bonds is 10. The highest BCUT2D eigenvalue weighted by Crippen LogP contribution is 2.28. The molecule has 8 heteroatoms. The van der Waals surface area contributed by atoms with Gasteiger partial charge < -0.3 is 19.7 Å². The number of hydrogen-bond donors (Lipinski definition) is 1. The van der Waals surface area contributed by atoms with Gasteiger partial charge in [0.05, 0.1) is 11.5 Å². The number of ether oxygens (including phenoxy) is 2. The summed E-state index contributed by atoms with van der Waals surface area (Å²) >= 11 is 0. The van der Waals surface area contributed by atoms with Crippen LogP contribution in [0.2, 0.25) is 0 Å². The van der Waals surface area contributed by atoms with Gasteiger partial charge in [0.1, 0.15) is 5.75 Å². The first-order valence-corrected chi connectivity index (χ1v) is 10.2. The van der Waals surface area contributed by atoms with E-state index in [9.17, 15) is 18.4 Å². The van der Waals surface area contributed by atoms with Crippen molar-refractivity contribution in [1.82, 2.24) is 10.2 Å². The molecule has 2 amide bonds. The molecule has 1 unspecified atom stereocenters. The van der Waals surface area contributed by atoms with Crippen LogP contribution in [0.1, 0.15) is 42.5 Å². The summed E-state index contributed by atoms with van der Waals surface area (Å²) in [5.41, 5.74) is 0.0849. The third-order valence-corrected chi connectivity index (χ3v) is 5.23. The van der Waals surface area contributed by atoms with Crippen LogP contribution < -0.4 is 10.1 Å². The molecule has 0 bridgehead atoms. The molecule has 6 nitrogen and oxygen atoms in total. The summed E-state index contributed by atoms with van der Waals surface area (Å²) in [7, 11) is 0. The Morgan fingerprint density at radius 2 is 2.00 bits per heavy atom. The average molecular weight is 410 g/mol. The zero-order valence-electron chi connectivity index (χ0n) is 16.4. The van der Waals surface area contributed by atoms with Gasteiger partial charge >= 0.3 is 6.61 Å². The molecule has 0 aromatic heterocycles. The molecule has 0 radical (unpaired) electrons. The first kappa shape index (κ1) is 21.5.